The van der Waals surface area contributed by atoms with Crippen LogP contribution in [-0.4, -0.2) is 12.3 Å². The van der Waals surface area contributed by atoms with Crippen molar-refractivity contribution < 1.29 is 14.3 Å². The molecule has 1 radical (unpaired) electrons. The van der Waals surface area contributed by atoms with E-state index in [1.165, 1.54) is 0 Å². The monoisotopic (exact) mass is 191 g/mol. The highest BCUT2D eigenvalue weighted by molar-refractivity contribution is 5.77. The summed E-state index contributed by atoms with van der Waals surface area (Å²) in [5.74, 6) is 0.0937. The number of benzene rings is 1. The van der Waals surface area contributed by atoms with Gasteiger partial charge in [-0.1, -0.05) is 0 Å². The van der Waals surface area contributed by atoms with Crippen molar-refractivity contribution in [3.8, 4) is 5.75 Å². The molecule has 0 saturated heterocycles. The van der Waals surface area contributed by atoms with Gasteiger partial charge in [0.2, 0.25) is 0 Å². The minimum Gasteiger partial charge on any atom is -0.426 e. The van der Waals surface area contributed by atoms with Gasteiger partial charge in [0.15, 0.2) is 0 Å². The second kappa shape index (κ2) is 4.56. The maximum atomic E-state index is 10.9. The highest BCUT2D eigenvalue weighted by Gasteiger charge is 2.05. The summed E-state index contributed by atoms with van der Waals surface area (Å²) < 4.78 is 4.98. The number of hydrogen-bond donors (Lipinski definition) is 0. The number of aryl methyl sites for hydroxylation is 1. The van der Waals surface area contributed by atoms with Gasteiger partial charge in [0.25, 0.3) is 0 Å². The third-order valence-electron chi connectivity index (χ3n) is 1.76. The van der Waals surface area contributed by atoms with Gasteiger partial charge in [0, 0.05) is 12.0 Å². The molecule has 0 saturated carbocycles. The van der Waals surface area contributed by atoms with E-state index in [1.54, 1.807) is 25.1 Å². The fraction of sp³-hybridized carbons (Fsp3) is 0.182. The first-order valence-electron chi connectivity index (χ1n) is 4.23. The van der Waals surface area contributed by atoms with Crippen LogP contribution in [0.25, 0.3) is 0 Å². The third-order valence-corrected chi connectivity index (χ3v) is 1.76. The van der Waals surface area contributed by atoms with Crippen molar-refractivity contribution >= 4 is 12.3 Å². The molecule has 0 aliphatic carbocycles. The smallest absolute Gasteiger partial charge is 0.311 e. The van der Waals surface area contributed by atoms with E-state index in [9.17, 15) is 9.59 Å². The fourth-order valence-corrected chi connectivity index (χ4v) is 1.03. The zero-order chi connectivity index (χ0) is 10.6. The summed E-state index contributed by atoms with van der Waals surface area (Å²) in [4.78, 5) is 21.4. The van der Waals surface area contributed by atoms with Crippen LogP contribution in [0.3, 0.4) is 0 Å². The molecule has 1 aromatic carbocycles. The van der Waals surface area contributed by atoms with Crippen LogP contribution >= 0.6 is 0 Å². The van der Waals surface area contributed by atoms with Crippen molar-refractivity contribution in [3.63, 3.8) is 0 Å². The van der Waals surface area contributed by atoms with E-state index in [2.05, 4.69) is 6.92 Å². The van der Waals surface area contributed by atoms with Gasteiger partial charge in [-0.2, -0.15) is 0 Å². The summed E-state index contributed by atoms with van der Waals surface area (Å²) in [6.45, 7) is 5.19. The highest BCUT2D eigenvalue weighted by Crippen LogP contribution is 2.18. The summed E-state index contributed by atoms with van der Waals surface area (Å²) in [5.41, 5.74) is 1.33. The number of carbonyl (C=O) groups excluding carboxylic acids is 2. The first-order chi connectivity index (χ1) is 6.67. The molecular formula is C11H11O3. The van der Waals surface area contributed by atoms with Crippen LogP contribution in [-0.2, 0) is 4.79 Å². The van der Waals surface area contributed by atoms with Crippen LogP contribution in [0.1, 0.15) is 22.3 Å². The van der Waals surface area contributed by atoms with Gasteiger partial charge in [0.05, 0.1) is 0 Å². The topological polar surface area (TPSA) is 43.4 Å². The van der Waals surface area contributed by atoms with Gasteiger partial charge in [0.1, 0.15) is 12.0 Å². The summed E-state index contributed by atoms with van der Waals surface area (Å²) in [6.07, 6.45) is 0.842. The van der Waals surface area contributed by atoms with Gasteiger partial charge in [-0.05, 0) is 37.6 Å². The molecule has 0 bridgehead atoms. The van der Waals surface area contributed by atoms with E-state index >= 15 is 0 Å². The summed E-state index contributed by atoms with van der Waals surface area (Å²) in [7, 11) is 0. The number of ether oxygens (including phenoxy) is 1. The van der Waals surface area contributed by atoms with Crippen LogP contribution in [0.2, 0.25) is 0 Å². The van der Waals surface area contributed by atoms with E-state index in [-0.39, 0.29) is 12.4 Å². The van der Waals surface area contributed by atoms with Crippen LogP contribution in [0.5, 0.6) is 5.75 Å². The molecule has 1 rings (SSSR count). The molecule has 0 aliphatic rings. The van der Waals surface area contributed by atoms with E-state index in [4.69, 9.17) is 4.74 Å². The molecule has 0 atom stereocenters. The highest BCUT2D eigenvalue weighted by atomic mass is 16.5. The normalized spacial score (nSPS) is 9.57. The molecule has 0 aliphatic heterocycles. The molecule has 0 amide bonds. The first kappa shape index (κ1) is 10.4. The molecule has 14 heavy (non-hydrogen) atoms. The lowest BCUT2D eigenvalue weighted by atomic mass is 10.1. The standard InChI is InChI=1S/C11H11O3/c1-3-11(13)14-10-5-4-9(7-12)6-8(10)2/h4-7H,1,3H2,2H3. The Labute approximate surface area is 82.7 Å². The van der Waals surface area contributed by atoms with Crippen LogP contribution in [0.4, 0.5) is 0 Å². The molecule has 3 nitrogen and oxygen atoms in total. The minimum atomic E-state index is -0.382. The lowest BCUT2D eigenvalue weighted by molar-refractivity contribution is -0.133. The molecule has 1 aromatic rings. The third kappa shape index (κ3) is 2.42. The lowest BCUT2D eigenvalue weighted by Gasteiger charge is -2.05. The molecule has 0 heterocycles. The molecule has 0 unspecified atom stereocenters. The summed E-state index contributed by atoms with van der Waals surface area (Å²) in [6, 6.07) is 4.87. The van der Waals surface area contributed by atoms with Gasteiger partial charge in [-0.25, -0.2) is 0 Å². The second-order valence-electron chi connectivity index (χ2n) is 2.87. The Bertz CT molecular complexity index is 356. The number of hydrogen-bond acceptors (Lipinski definition) is 3. The predicted molar refractivity (Wildman–Crippen MR) is 52.2 cm³/mol. The Kier molecular flexibility index (Phi) is 3.40. The summed E-state index contributed by atoms with van der Waals surface area (Å²) >= 11 is 0. The van der Waals surface area contributed by atoms with E-state index < -0.39 is 0 Å². The van der Waals surface area contributed by atoms with Crippen molar-refractivity contribution in [2.45, 2.75) is 13.3 Å². The Morgan fingerprint density at radius 2 is 2.29 bits per heavy atom. The van der Waals surface area contributed by atoms with Gasteiger partial charge >= 0.3 is 5.97 Å². The van der Waals surface area contributed by atoms with E-state index in [0.717, 1.165) is 11.8 Å². The van der Waals surface area contributed by atoms with Gasteiger partial charge < -0.3 is 4.74 Å². The molecule has 0 spiro atoms. The Balaban J connectivity index is 2.89. The largest absolute Gasteiger partial charge is 0.426 e. The lowest BCUT2D eigenvalue weighted by Crippen LogP contribution is -2.06. The maximum absolute atomic E-state index is 10.9. The van der Waals surface area contributed by atoms with Crippen molar-refractivity contribution in [2.75, 3.05) is 0 Å². The molecule has 0 fully saturated rings. The number of aldehydes is 1. The average Bonchev–Trinajstić information content (AvgIpc) is 2.20. The second-order valence-corrected chi connectivity index (χ2v) is 2.87. The van der Waals surface area contributed by atoms with Crippen molar-refractivity contribution in [2.24, 2.45) is 0 Å². The minimum absolute atomic E-state index is 0.0921. The maximum Gasteiger partial charge on any atom is 0.311 e. The quantitative estimate of drug-likeness (QED) is 0.416. The van der Waals surface area contributed by atoms with E-state index in [1.807, 2.05) is 0 Å². The molecule has 3 heteroatoms. The first-order valence-corrected chi connectivity index (χ1v) is 4.23. The fourth-order valence-electron chi connectivity index (χ4n) is 1.03. The van der Waals surface area contributed by atoms with Crippen molar-refractivity contribution in [1.29, 1.82) is 0 Å². The van der Waals surface area contributed by atoms with Crippen LogP contribution in [0.15, 0.2) is 18.2 Å². The Morgan fingerprint density at radius 1 is 1.57 bits per heavy atom. The average molecular weight is 191 g/mol. The Morgan fingerprint density at radius 3 is 2.79 bits per heavy atom. The molecule has 0 N–H and O–H groups in total. The van der Waals surface area contributed by atoms with Crippen LogP contribution < -0.4 is 4.74 Å². The molecule has 73 valence electrons. The Hall–Kier alpha value is -1.64. The van der Waals surface area contributed by atoms with Gasteiger partial charge in [-0.3, -0.25) is 9.59 Å². The SMILES string of the molecule is [CH2]CC(=O)Oc1ccc(C=O)cc1C. The van der Waals surface area contributed by atoms with Crippen LogP contribution in [0, 0.1) is 13.8 Å². The summed E-state index contributed by atoms with van der Waals surface area (Å²) in [5, 5.41) is 0. The zero-order valence-electron chi connectivity index (χ0n) is 7.95. The predicted octanol–water partition coefficient (Wildman–Crippen LogP) is 1.94. The zero-order valence-corrected chi connectivity index (χ0v) is 7.95. The molecular weight excluding hydrogens is 180 g/mol. The number of carbonyl (C=O) groups is 2. The van der Waals surface area contributed by atoms with Crippen molar-refractivity contribution in [3.05, 3.63) is 36.2 Å². The molecule has 0 aromatic heterocycles. The van der Waals surface area contributed by atoms with Gasteiger partial charge in [-0.15, -0.1) is 0 Å². The van der Waals surface area contributed by atoms with E-state index in [0.29, 0.717) is 11.3 Å². The number of esters is 1. The number of rotatable bonds is 3. The van der Waals surface area contributed by atoms with Crippen molar-refractivity contribution in [1.82, 2.24) is 0 Å².